The number of aromatic nitrogens is 1. The van der Waals surface area contributed by atoms with E-state index in [1.165, 1.54) is 11.3 Å². The zero-order valence-electron chi connectivity index (χ0n) is 15.5. The van der Waals surface area contributed by atoms with E-state index in [2.05, 4.69) is 11.6 Å². The van der Waals surface area contributed by atoms with Gasteiger partial charge in [0.1, 0.15) is 11.5 Å². The molecule has 0 aliphatic rings. The van der Waals surface area contributed by atoms with E-state index in [0.717, 1.165) is 21.5 Å². The van der Waals surface area contributed by atoms with Gasteiger partial charge in [-0.2, -0.15) is 4.99 Å². The van der Waals surface area contributed by atoms with Gasteiger partial charge < -0.3 is 14.0 Å². The fraction of sp³-hybridized carbons (Fsp3) is 0.238. The monoisotopic (exact) mass is 382 g/mol. The van der Waals surface area contributed by atoms with Crippen LogP contribution in [0.5, 0.6) is 11.5 Å². The first-order valence-electron chi connectivity index (χ1n) is 8.75. The molecule has 6 heteroatoms. The van der Waals surface area contributed by atoms with Gasteiger partial charge in [-0.05, 0) is 49.7 Å². The molecule has 0 atom stereocenters. The van der Waals surface area contributed by atoms with Crippen LogP contribution in [0, 0.1) is 6.92 Å². The third kappa shape index (κ3) is 4.65. The van der Waals surface area contributed by atoms with Crippen molar-refractivity contribution in [2.24, 2.45) is 4.99 Å². The topological polar surface area (TPSA) is 52.8 Å². The molecule has 0 fully saturated rings. The van der Waals surface area contributed by atoms with Crippen molar-refractivity contribution in [1.29, 1.82) is 0 Å². The zero-order valence-corrected chi connectivity index (χ0v) is 16.3. The third-order valence-electron chi connectivity index (χ3n) is 3.85. The molecule has 5 nitrogen and oxygen atoms in total. The fourth-order valence-electron chi connectivity index (χ4n) is 2.69. The molecule has 0 spiro atoms. The largest absolute Gasteiger partial charge is 0.494 e. The smallest absolute Gasteiger partial charge is 0.286 e. The Hall–Kier alpha value is -2.86. The average molecular weight is 382 g/mol. The summed E-state index contributed by atoms with van der Waals surface area (Å²) in [6, 6.07) is 13.5. The number of fused-ring (bicyclic) bond motifs is 1. The van der Waals surface area contributed by atoms with Gasteiger partial charge in [0, 0.05) is 6.54 Å². The number of carbonyl (C=O) groups is 1. The standard InChI is InChI=1S/C21H22N2O3S/c1-4-11-23-18-10-9-17(25-5-2)13-19(18)27-21(23)22-20(24)14-26-16-8-6-7-15(3)12-16/h4,6-10,12-13H,1,5,11,14H2,2-3H3. The number of nitrogens with zero attached hydrogens (tertiary/aromatic N) is 2. The van der Waals surface area contributed by atoms with E-state index >= 15 is 0 Å². The number of hydrogen-bond donors (Lipinski definition) is 0. The summed E-state index contributed by atoms with van der Waals surface area (Å²) in [5.41, 5.74) is 2.07. The van der Waals surface area contributed by atoms with Gasteiger partial charge in [0.25, 0.3) is 5.91 Å². The van der Waals surface area contributed by atoms with Crippen molar-refractivity contribution in [3.8, 4) is 11.5 Å². The summed E-state index contributed by atoms with van der Waals surface area (Å²) in [5, 5.41) is 0. The lowest BCUT2D eigenvalue weighted by atomic mass is 10.2. The maximum atomic E-state index is 12.3. The summed E-state index contributed by atoms with van der Waals surface area (Å²) >= 11 is 1.45. The van der Waals surface area contributed by atoms with Crippen LogP contribution in [-0.4, -0.2) is 23.7 Å². The molecule has 0 radical (unpaired) electrons. The summed E-state index contributed by atoms with van der Waals surface area (Å²) in [5.74, 6) is 1.14. The molecule has 0 aliphatic heterocycles. The number of rotatable bonds is 7. The van der Waals surface area contributed by atoms with Crippen LogP contribution in [-0.2, 0) is 11.3 Å². The number of allylic oxidation sites excluding steroid dienone is 1. The van der Waals surface area contributed by atoms with Crippen LogP contribution in [0.25, 0.3) is 10.2 Å². The highest BCUT2D eigenvalue weighted by Gasteiger charge is 2.09. The first-order chi connectivity index (χ1) is 13.1. The van der Waals surface area contributed by atoms with E-state index in [4.69, 9.17) is 9.47 Å². The molecule has 27 heavy (non-hydrogen) atoms. The maximum Gasteiger partial charge on any atom is 0.286 e. The molecule has 2 aromatic carbocycles. The van der Waals surface area contributed by atoms with E-state index in [1.54, 1.807) is 6.08 Å². The highest BCUT2D eigenvalue weighted by Crippen LogP contribution is 2.23. The summed E-state index contributed by atoms with van der Waals surface area (Å²) in [7, 11) is 0. The summed E-state index contributed by atoms with van der Waals surface area (Å²) in [6.45, 7) is 8.80. The molecule has 0 aliphatic carbocycles. The number of thiazole rings is 1. The van der Waals surface area contributed by atoms with Crippen molar-refractivity contribution in [2.75, 3.05) is 13.2 Å². The number of ether oxygens (including phenoxy) is 2. The van der Waals surface area contributed by atoms with E-state index in [1.807, 2.05) is 60.9 Å². The third-order valence-corrected chi connectivity index (χ3v) is 4.89. The van der Waals surface area contributed by atoms with Crippen molar-refractivity contribution in [3.05, 3.63) is 65.5 Å². The number of benzene rings is 2. The van der Waals surface area contributed by atoms with E-state index < -0.39 is 0 Å². The number of hydrogen-bond acceptors (Lipinski definition) is 4. The Morgan fingerprint density at radius 3 is 2.78 bits per heavy atom. The second kappa shape index (κ2) is 8.68. The fourth-order valence-corrected chi connectivity index (χ4v) is 3.78. The lowest BCUT2D eigenvalue weighted by Gasteiger charge is -2.05. The highest BCUT2D eigenvalue weighted by atomic mass is 32.1. The van der Waals surface area contributed by atoms with E-state index in [0.29, 0.717) is 23.7 Å². The molecular weight excluding hydrogens is 360 g/mol. The van der Waals surface area contributed by atoms with Crippen molar-refractivity contribution >= 4 is 27.5 Å². The van der Waals surface area contributed by atoms with Crippen LogP contribution >= 0.6 is 11.3 Å². The second-order valence-electron chi connectivity index (χ2n) is 5.96. The summed E-state index contributed by atoms with van der Waals surface area (Å²) in [6.07, 6.45) is 1.79. The van der Waals surface area contributed by atoms with E-state index in [9.17, 15) is 4.79 Å². The van der Waals surface area contributed by atoms with Gasteiger partial charge in [0.05, 0.1) is 16.8 Å². The normalized spacial score (nSPS) is 11.6. The van der Waals surface area contributed by atoms with Gasteiger partial charge in [-0.3, -0.25) is 4.79 Å². The van der Waals surface area contributed by atoms with Gasteiger partial charge in [-0.25, -0.2) is 0 Å². The minimum absolute atomic E-state index is 0.101. The van der Waals surface area contributed by atoms with Gasteiger partial charge in [0.2, 0.25) is 0 Å². The van der Waals surface area contributed by atoms with Gasteiger partial charge in [-0.15, -0.1) is 6.58 Å². The molecule has 1 aromatic heterocycles. The Balaban J connectivity index is 1.87. The molecular formula is C21H22N2O3S. The van der Waals surface area contributed by atoms with Crippen molar-refractivity contribution in [1.82, 2.24) is 4.57 Å². The number of amides is 1. The predicted molar refractivity (Wildman–Crippen MR) is 108 cm³/mol. The molecule has 3 rings (SSSR count). The second-order valence-corrected chi connectivity index (χ2v) is 6.97. The molecule has 0 saturated heterocycles. The Bertz CT molecular complexity index is 1030. The lowest BCUT2D eigenvalue weighted by molar-refractivity contribution is -0.120. The molecule has 140 valence electrons. The highest BCUT2D eigenvalue weighted by molar-refractivity contribution is 7.16. The van der Waals surface area contributed by atoms with Gasteiger partial charge in [-0.1, -0.05) is 29.5 Å². The van der Waals surface area contributed by atoms with Gasteiger partial charge >= 0.3 is 0 Å². The minimum Gasteiger partial charge on any atom is -0.494 e. The van der Waals surface area contributed by atoms with Crippen LogP contribution in [0.1, 0.15) is 12.5 Å². The first-order valence-corrected chi connectivity index (χ1v) is 9.56. The van der Waals surface area contributed by atoms with Crippen LogP contribution in [0.4, 0.5) is 0 Å². The molecule has 0 bridgehead atoms. The van der Waals surface area contributed by atoms with Crippen molar-refractivity contribution in [2.45, 2.75) is 20.4 Å². The molecule has 0 unspecified atom stereocenters. The molecule has 0 N–H and O–H groups in total. The van der Waals surface area contributed by atoms with Crippen molar-refractivity contribution < 1.29 is 14.3 Å². The summed E-state index contributed by atoms with van der Waals surface area (Å²) in [4.78, 5) is 17.2. The molecule has 1 heterocycles. The molecule has 3 aromatic rings. The molecule has 0 saturated carbocycles. The van der Waals surface area contributed by atoms with Crippen LogP contribution < -0.4 is 14.3 Å². The lowest BCUT2D eigenvalue weighted by Crippen LogP contribution is -2.19. The van der Waals surface area contributed by atoms with Crippen LogP contribution in [0.2, 0.25) is 0 Å². The quantitative estimate of drug-likeness (QED) is 0.578. The number of carbonyl (C=O) groups excluding carboxylic acids is 1. The SMILES string of the molecule is C=CCn1c(=NC(=O)COc2cccc(C)c2)sc2cc(OCC)ccc21. The van der Waals surface area contributed by atoms with Gasteiger partial charge in [0.15, 0.2) is 11.4 Å². The Morgan fingerprint density at radius 1 is 1.22 bits per heavy atom. The predicted octanol–water partition coefficient (Wildman–Crippen LogP) is 4.10. The average Bonchev–Trinajstić information content (AvgIpc) is 2.97. The maximum absolute atomic E-state index is 12.3. The Morgan fingerprint density at radius 2 is 2.04 bits per heavy atom. The van der Waals surface area contributed by atoms with Crippen molar-refractivity contribution in [3.63, 3.8) is 0 Å². The molecule has 1 amide bonds. The summed E-state index contributed by atoms with van der Waals surface area (Å²) < 4.78 is 14.1. The minimum atomic E-state index is -0.328. The van der Waals surface area contributed by atoms with Crippen LogP contribution in [0.15, 0.2) is 60.1 Å². The first kappa shape index (κ1) is 18.9. The van der Waals surface area contributed by atoms with Crippen LogP contribution in [0.3, 0.4) is 0 Å². The Labute approximate surface area is 162 Å². The Kier molecular flexibility index (Phi) is 6.08. The number of aryl methyl sites for hydroxylation is 1. The zero-order chi connectivity index (χ0) is 19.2. The van der Waals surface area contributed by atoms with E-state index in [-0.39, 0.29) is 12.5 Å².